The van der Waals surface area contributed by atoms with Crippen LogP contribution < -0.4 is 14.2 Å². The topological polar surface area (TPSA) is 78.7 Å². The third-order valence-corrected chi connectivity index (χ3v) is 7.16. The zero-order valence-electron chi connectivity index (χ0n) is 20.8. The average Bonchev–Trinajstić information content (AvgIpc) is 3.69. The molecule has 2 atom stereocenters. The number of nitrogens with zero attached hydrogens (tertiary/aromatic N) is 2. The molecule has 1 aliphatic carbocycles. The smallest absolute Gasteiger partial charge is 0.306 e. The van der Waals surface area contributed by atoms with Gasteiger partial charge in [0.1, 0.15) is 29.2 Å². The number of fused-ring (bicyclic) bond motifs is 2. The second-order valence-corrected chi connectivity index (χ2v) is 9.54. The summed E-state index contributed by atoms with van der Waals surface area (Å²) in [7, 11) is 1.33. The lowest BCUT2D eigenvalue weighted by atomic mass is 9.98. The van der Waals surface area contributed by atoms with Gasteiger partial charge in [-0.2, -0.15) is 10.2 Å². The van der Waals surface area contributed by atoms with Gasteiger partial charge in [0.05, 0.1) is 26.1 Å². The molecule has 0 fully saturated rings. The van der Waals surface area contributed by atoms with Crippen LogP contribution >= 0.6 is 0 Å². The molecule has 0 saturated carbocycles. The van der Waals surface area contributed by atoms with Gasteiger partial charge >= 0.3 is 5.97 Å². The van der Waals surface area contributed by atoms with Crippen LogP contribution in [0.15, 0.2) is 52.7 Å². The van der Waals surface area contributed by atoms with E-state index in [1.54, 1.807) is 18.2 Å². The van der Waals surface area contributed by atoms with E-state index in [4.69, 9.17) is 18.9 Å². The van der Waals surface area contributed by atoms with E-state index >= 15 is 4.39 Å². The minimum atomic E-state index is -0.885. The third kappa shape index (κ3) is 4.71. The van der Waals surface area contributed by atoms with Crippen molar-refractivity contribution in [1.82, 2.24) is 0 Å². The summed E-state index contributed by atoms with van der Waals surface area (Å²) >= 11 is 0. The Labute approximate surface area is 221 Å². The van der Waals surface area contributed by atoms with Gasteiger partial charge in [0.15, 0.2) is 17.4 Å². The highest BCUT2D eigenvalue weighted by molar-refractivity contribution is 5.93. The van der Waals surface area contributed by atoms with Crippen LogP contribution in [0.4, 0.5) is 13.2 Å². The fourth-order valence-corrected chi connectivity index (χ4v) is 5.21. The lowest BCUT2D eigenvalue weighted by Gasteiger charge is -2.18. The highest BCUT2D eigenvalue weighted by Gasteiger charge is 2.33. The molecule has 10 heteroatoms. The van der Waals surface area contributed by atoms with Crippen LogP contribution in [0.1, 0.15) is 53.0 Å². The Balaban J connectivity index is 1.24. The van der Waals surface area contributed by atoms with E-state index in [1.165, 1.54) is 43.8 Å². The van der Waals surface area contributed by atoms with Gasteiger partial charge in [-0.05, 0) is 60.9 Å². The largest absolute Gasteiger partial charge is 0.493 e. The summed E-state index contributed by atoms with van der Waals surface area (Å²) < 4.78 is 67.1. The summed E-state index contributed by atoms with van der Waals surface area (Å²) in [5, 5.41) is 7.41. The number of benzene rings is 3. The van der Waals surface area contributed by atoms with Gasteiger partial charge in [-0.25, -0.2) is 13.2 Å². The van der Waals surface area contributed by atoms with Crippen molar-refractivity contribution < 1.29 is 36.9 Å². The van der Waals surface area contributed by atoms with Gasteiger partial charge in [0.25, 0.3) is 0 Å². The van der Waals surface area contributed by atoms with Crippen LogP contribution in [0.3, 0.4) is 0 Å². The molecule has 200 valence electrons. The predicted molar refractivity (Wildman–Crippen MR) is 136 cm³/mol. The standard InChI is InChI=1S/C29H23F3N2O5/c1-36-27(35)10-16-14-37-24-5-2-18(11-20(16)24)38-26-6-3-19-25(7-4-21(30)28(19)26)39-29-22(31)8-15(9-23(29)32)17-12-33-34-13-17/h2,4-5,7-9,11-13,16-17,26H,3,6,10,14H2,1H3/t16-,26-/m1/s1. The van der Waals surface area contributed by atoms with E-state index < -0.39 is 35.2 Å². The van der Waals surface area contributed by atoms with Crippen molar-refractivity contribution in [1.29, 1.82) is 0 Å². The monoisotopic (exact) mass is 536 g/mol. The maximum absolute atomic E-state index is 15.0. The molecule has 0 amide bonds. The van der Waals surface area contributed by atoms with E-state index in [-0.39, 0.29) is 29.6 Å². The first-order valence-electron chi connectivity index (χ1n) is 12.5. The van der Waals surface area contributed by atoms with Gasteiger partial charge in [-0.15, -0.1) is 0 Å². The van der Waals surface area contributed by atoms with E-state index in [0.717, 1.165) is 5.56 Å². The van der Waals surface area contributed by atoms with Crippen LogP contribution in [0, 0.1) is 17.5 Å². The number of hydrogen-bond donors (Lipinski definition) is 0. The zero-order valence-corrected chi connectivity index (χ0v) is 20.8. The summed E-state index contributed by atoms with van der Waals surface area (Å²) in [6.45, 7) is 0.353. The SMILES string of the molecule is COC(=O)C[C@@H]1COc2ccc(O[C@@H]3CCc4c(Oc5c(F)cc(C6C=NN=C6)cc5F)ccc(F)c43)cc21. The molecule has 39 heavy (non-hydrogen) atoms. The van der Waals surface area contributed by atoms with Crippen molar-refractivity contribution in [3.8, 4) is 23.0 Å². The van der Waals surface area contributed by atoms with E-state index in [9.17, 15) is 13.6 Å². The van der Waals surface area contributed by atoms with Crippen LogP contribution in [0.5, 0.6) is 23.0 Å². The van der Waals surface area contributed by atoms with Gasteiger partial charge in [0.2, 0.25) is 0 Å². The summed E-state index contributed by atoms with van der Waals surface area (Å²) in [6.07, 6.45) is 3.33. The molecule has 0 spiro atoms. The Morgan fingerprint density at radius 1 is 1.03 bits per heavy atom. The first kappa shape index (κ1) is 25.0. The third-order valence-electron chi connectivity index (χ3n) is 7.16. The Morgan fingerprint density at radius 3 is 2.54 bits per heavy atom. The number of halogens is 3. The molecule has 0 radical (unpaired) electrons. The molecule has 0 saturated heterocycles. The molecule has 0 aromatic heterocycles. The number of hydrogen-bond acceptors (Lipinski definition) is 7. The van der Waals surface area contributed by atoms with Crippen LogP contribution in [-0.4, -0.2) is 32.1 Å². The second kappa shape index (κ2) is 10.1. The molecule has 3 aromatic rings. The number of methoxy groups -OCH3 is 1. The van der Waals surface area contributed by atoms with Gasteiger partial charge in [0, 0.05) is 35.0 Å². The Hall–Kier alpha value is -4.34. The predicted octanol–water partition coefficient (Wildman–Crippen LogP) is 6.16. The molecular weight excluding hydrogens is 513 g/mol. The maximum atomic E-state index is 15.0. The zero-order chi connectivity index (χ0) is 27.1. The lowest BCUT2D eigenvalue weighted by molar-refractivity contribution is -0.141. The molecule has 0 N–H and O–H groups in total. The lowest BCUT2D eigenvalue weighted by Crippen LogP contribution is -2.10. The summed E-state index contributed by atoms with van der Waals surface area (Å²) in [5.41, 5.74) is 1.95. The van der Waals surface area contributed by atoms with Crippen LogP contribution in [0.25, 0.3) is 0 Å². The summed E-state index contributed by atoms with van der Waals surface area (Å²) in [6, 6.07) is 10.2. The van der Waals surface area contributed by atoms with Gasteiger partial charge < -0.3 is 18.9 Å². The van der Waals surface area contributed by atoms with E-state index in [0.29, 0.717) is 42.1 Å². The molecule has 3 aromatic carbocycles. The number of ether oxygens (including phenoxy) is 4. The molecule has 7 nitrogen and oxygen atoms in total. The normalized spacial score (nSPS) is 19.1. The Morgan fingerprint density at radius 2 is 1.79 bits per heavy atom. The molecule has 3 aliphatic rings. The minimum absolute atomic E-state index is 0.160. The van der Waals surface area contributed by atoms with Crippen molar-refractivity contribution >= 4 is 18.4 Å². The fraction of sp³-hybridized carbons (Fsp3) is 0.276. The number of carbonyl (C=O) groups is 1. The van der Waals surface area contributed by atoms with Crippen molar-refractivity contribution in [3.05, 3.63) is 82.2 Å². The molecule has 2 aliphatic heterocycles. The Bertz CT molecular complexity index is 1490. The number of carbonyl (C=O) groups excluding carboxylic acids is 1. The van der Waals surface area contributed by atoms with Crippen molar-refractivity contribution in [2.75, 3.05) is 13.7 Å². The minimum Gasteiger partial charge on any atom is -0.493 e. The first-order valence-corrected chi connectivity index (χ1v) is 12.5. The number of esters is 1. The molecular formula is C29H23F3N2O5. The molecule has 2 heterocycles. The Kier molecular flexibility index (Phi) is 6.46. The summed E-state index contributed by atoms with van der Waals surface area (Å²) in [5.74, 6) is -2.46. The maximum Gasteiger partial charge on any atom is 0.306 e. The van der Waals surface area contributed by atoms with E-state index in [2.05, 4.69) is 10.2 Å². The van der Waals surface area contributed by atoms with Gasteiger partial charge in [-0.3, -0.25) is 4.79 Å². The van der Waals surface area contributed by atoms with Crippen LogP contribution in [-0.2, 0) is 16.0 Å². The fourth-order valence-electron chi connectivity index (χ4n) is 5.21. The quantitative estimate of drug-likeness (QED) is 0.338. The van der Waals surface area contributed by atoms with Crippen molar-refractivity contribution in [3.63, 3.8) is 0 Å². The first-order chi connectivity index (χ1) is 18.9. The average molecular weight is 537 g/mol. The highest BCUT2D eigenvalue weighted by atomic mass is 19.1. The highest BCUT2D eigenvalue weighted by Crippen LogP contribution is 2.45. The molecule has 6 rings (SSSR count). The molecule has 0 bridgehead atoms. The van der Waals surface area contributed by atoms with Crippen LogP contribution in [0.2, 0.25) is 0 Å². The molecule has 0 unspecified atom stereocenters. The van der Waals surface area contributed by atoms with Crippen molar-refractivity contribution in [2.45, 2.75) is 37.2 Å². The van der Waals surface area contributed by atoms with Crippen molar-refractivity contribution in [2.24, 2.45) is 10.2 Å². The van der Waals surface area contributed by atoms with Gasteiger partial charge in [-0.1, -0.05) is 0 Å². The summed E-state index contributed by atoms with van der Waals surface area (Å²) in [4.78, 5) is 11.8. The second-order valence-electron chi connectivity index (χ2n) is 9.54. The number of rotatable bonds is 7. The van der Waals surface area contributed by atoms with E-state index in [1.807, 2.05) is 0 Å².